The van der Waals surface area contributed by atoms with Crippen molar-refractivity contribution in [2.24, 2.45) is 0 Å². The van der Waals surface area contributed by atoms with Crippen LogP contribution in [0.15, 0.2) is 40.2 Å². The van der Waals surface area contributed by atoms with Gasteiger partial charge in [-0.2, -0.15) is 11.3 Å². The zero-order valence-electron chi connectivity index (χ0n) is 9.75. The second-order valence-corrected chi connectivity index (χ2v) is 5.95. The first-order valence-electron chi connectivity index (χ1n) is 5.36. The van der Waals surface area contributed by atoms with Crippen LogP contribution in [0.4, 0.5) is 11.4 Å². The summed E-state index contributed by atoms with van der Waals surface area (Å²) in [4.78, 5) is 4.02. The van der Waals surface area contributed by atoms with Crippen molar-refractivity contribution in [3.63, 3.8) is 0 Å². The van der Waals surface area contributed by atoms with Crippen LogP contribution in [0.25, 0.3) is 0 Å². The fourth-order valence-corrected chi connectivity index (χ4v) is 3.30. The number of hydrogen-bond donors (Lipinski definition) is 2. The molecule has 18 heavy (non-hydrogen) atoms. The third-order valence-corrected chi connectivity index (χ3v) is 4.31. The number of nitrogens with zero attached hydrogens (tertiary/aromatic N) is 1. The summed E-state index contributed by atoms with van der Waals surface area (Å²) in [6, 6.07) is 3.36. The highest BCUT2D eigenvalue weighted by atomic mass is 32.2. The zero-order valence-corrected chi connectivity index (χ0v) is 11.4. The van der Waals surface area contributed by atoms with Gasteiger partial charge in [0, 0.05) is 24.3 Å². The molecule has 2 rings (SSSR count). The fraction of sp³-hybridized carbons (Fsp3) is 0.182. The highest BCUT2D eigenvalue weighted by molar-refractivity contribution is 7.92. The van der Waals surface area contributed by atoms with Gasteiger partial charge in [0.2, 0.25) is 0 Å². The van der Waals surface area contributed by atoms with Crippen LogP contribution in [0.1, 0.15) is 6.92 Å². The summed E-state index contributed by atoms with van der Waals surface area (Å²) >= 11 is 1.43. The topological polar surface area (TPSA) is 71.1 Å². The molecule has 2 N–H and O–H groups in total. The van der Waals surface area contributed by atoms with Crippen molar-refractivity contribution in [2.45, 2.75) is 11.8 Å². The van der Waals surface area contributed by atoms with Crippen molar-refractivity contribution in [1.82, 2.24) is 4.98 Å². The Morgan fingerprint density at radius 3 is 2.89 bits per heavy atom. The molecular weight excluding hydrogens is 270 g/mol. The monoisotopic (exact) mass is 283 g/mol. The molecule has 2 aromatic rings. The molecule has 0 aliphatic rings. The molecule has 2 heterocycles. The number of anilines is 2. The molecule has 0 amide bonds. The van der Waals surface area contributed by atoms with Gasteiger partial charge in [-0.25, -0.2) is 8.42 Å². The summed E-state index contributed by atoms with van der Waals surface area (Å²) in [6.07, 6.45) is 2.90. The number of hydrogen-bond acceptors (Lipinski definition) is 5. The Balaban J connectivity index is 2.35. The van der Waals surface area contributed by atoms with Crippen molar-refractivity contribution in [2.75, 3.05) is 16.6 Å². The van der Waals surface area contributed by atoms with Gasteiger partial charge in [0.15, 0.2) is 0 Å². The number of nitrogens with one attached hydrogen (secondary N) is 2. The van der Waals surface area contributed by atoms with Crippen LogP contribution in [-0.2, 0) is 10.0 Å². The van der Waals surface area contributed by atoms with Crippen LogP contribution in [0.2, 0.25) is 0 Å². The lowest BCUT2D eigenvalue weighted by molar-refractivity contribution is 0.601. The quantitative estimate of drug-likeness (QED) is 0.883. The molecule has 0 fully saturated rings. The van der Waals surface area contributed by atoms with Crippen molar-refractivity contribution in [1.29, 1.82) is 0 Å². The number of sulfonamides is 1. The minimum atomic E-state index is -3.60. The molecule has 2 aromatic heterocycles. The average molecular weight is 283 g/mol. The molecule has 0 aliphatic carbocycles. The van der Waals surface area contributed by atoms with E-state index in [-0.39, 0.29) is 4.90 Å². The molecule has 0 bridgehead atoms. The minimum absolute atomic E-state index is 0.151. The number of rotatable bonds is 5. The Labute approximate surface area is 110 Å². The third kappa shape index (κ3) is 2.80. The predicted molar refractivity (Wildman–Crippen MR) is 73.5 cm³/mol. The molecule has 0 aromatic carbocycles. The van der Waals surface area contributed by atoms with E-state index in [0.29, 0.717) is 17.9 Å². The van der Waals surface area contributed by atoms with Crippen LogP contribution in [0.3, 0.4) is 0 Å². The van der Waals surface area contributed by atoms with Gasteiger partial charge in [-0.05, 0) is 24.4 Å². The Morgan fingerprint density at radius 1 is 1.39 bits per heavy atom. The van der Waals surface area contributed by atoms with Crippen molar-refractivity contribution in [3.05, 3.63) is 35.3 Å². The van der Waals surface area contributed by atoms with E-state index in [1.165, 1.54) is 17.5 Å². The molecular formula is C11H13N3O2S2. The normalized spacial score (nSPS) is 11.2. The predicted octanol–water partition coefficient (Wildman–Crippen LogP) is 2.38. The lowest BCUT2D eigenvalue weighted by Gasteiger charge is -2.11. The Hall–Kier alpha value is -1.60. The van der Waals surface area contributed by atoms with Crippen LogP contribution in [0.5, 0.6) is 0 Å². The van der Waals surface area contributed by atoms with Crippen molar-refractivity contribution in [3.8, 4) is 0 Å². The first-order valence-corrected chi connectivity index (χ1v) is 7.79. The van der Waals surface area contributed by atoms with E-state index in [9.17, 15) is 8.42 Å². The van der Waals surface area contributed by atoms with Crippen LogP contribution in [0, 0.1) is 0 Å². The first-order chi connectivity index (χ1) is 8.63. The minimum Gasteiger partial charge on any atom is -0.384 e. The summed E-state index contributed by atoms with van der Waals surface area (Å²) in [6.45, 7) is 2.55. The lowest BCUT2D eigenvalue weighted by Crippen LogP contribution is -2.15. The van der Waals surface area contributed by atoms with Crippen LogP contribution >= 0.6 is 11.3 Å². The molecule has 0 atom stereocenters. The van der Waals surface area contributed by atoms with E-state index in [0.717, 1.165) is 0 Å². The molecule has 0 saturated heterocycles. The van der Waals surface area contributed by atoms with E-state index < -0.39 is 10.0 Å². The van der Waals surface area contributed by atoms with Gasteiger partial charge >= 0.3 is 0 Å². The van der Waals surface area contributed by atoms with Gasteiger partial charge in [0.1, 0.15) is 4.90 Å². The summed E-state index contributed by atoms with van der Waals surface area (Å²) in [5.74, 6) is 0. The van der Waals surface area contributed by atoms with Crippen molar-refractivity contribution >= 4 is 32.7 Å². The molecule has 0 spiro atoms. The average Bonchev–Trinajstić information content (AvgIpc) is 2.82. The summed E-state index contributed by atoms with van der Waals surface area (Å²) in [5.41, 5.74) is 1.11. The highest BCUT2D eigenvalue weighted by Gasteiger charge is 2.18. The third-order valence-electron chi connectivity index (χ3n) is 2.21. The maximum absolute atomic E-state index is 12.2. The molecule has 0 unspecified atom stereocenters. The fourth-order valence-electron chi connectivity index (χ4n) is 1.46. The number of thiophene rings is 1. The molecule has 0 saturated carbocycles. The van der Waals surface area contributed by atoms with Crippen LogP contribution in [-0.4, -0.2) is 19.9 Å². The van der Waals surface area contributed by atoms with E-state index in [2.05, 4.69) is 15.0 Å². The molecule has 0 radical (unpaired) electrons. The maximum Gasteiger partial charge on any atom is 0.265 e. The first kappa shape index (κ1) is 12.8. The van der Waals surface area contributed by atoms with E-state index in [1.807, 2.05) is 12.3 Å². The van der Waals surface area contributed by atoms with Gasteiger partial charge in [0.25, 0.3) is 10.0 Å². The highest BCUT2D eigenvalue weighted by Crippen LogP contribution is 2.23. The standard InChI is InChI=1S/C11H13N3O2S2/c1-2-13-10-3-5-12-7-11(10)18(15,16)14-9-4-6-17-8-9/h3-8,14H,2H2,1H3,(H,12,13). The molecule has 96 valence electrons. The zero-order chi connectivity index (χ0) is 13.0. The van der Waals surface area contributed by atoms with Gasteiger partial charge in [-0.3, -0.25) is 9.71 Å². The number of aromatic nitrogens is 1. The Bertz CT molecular complexity index is 609. The smallest absolute Gasteiger partial charge is 0.265 e. The Morgan fingerprint density at radius 2 is 2.22 bits per heavy atom. The van der Waals surface area contributed by atoms with Crippen molar-refractivity contribution < 1.29 is 8.42 Å². The summed E-state index contributed by atoms with van der Waals surface area (Å²) in [7, 11) is -3.60. The summed E-state index contributed by atoms with van der Waals surface area (Å²) < 4.78 is 26.9. The van der Waals surface area contributed by atoms with Gasteiger partial charge < -0.3 is 5.32 Å². The van der Waals surface area contributed by atoms with E-state index in [4.69, 9.17) is 0 Å². The second kappa shape index (κ2) is 5.36. The molecule has 0 aliphatic heterocycles. The van der Waals surface area contributed by atoms with Gasteiger partial charge in [0.05, 0.1) is 11.4 Å². The molecule has 7 heteroatoms. The lowest BCUT2D eigenvalue weighted by atomic mass is 10.4. The van der Waals surface area contributed by atoms with Gasteiger partial charge in [-0.15, -0.1) is 0 Å². The molecule has 5 nitrogen and oxygen atoms in total. The van der Waals surface area contributed by atoms with E-state index >= 15 is 0 Å². The summed E-state index contributed by atoms with van der Waals surface area (Å²) in [5, 5.41) is 6.55. The second-order valence-electron chi connectivity index (χ2n) is 3.52. The van der Waals surface area contributed by atoms with Crippen LogP contribution < -0.4 is 10.0 Å². The SMILES string of the molecule is CCNc1ccncc1S(=O)(=O)Nc1ccsc1. The van der Waals surface area contributed by atoms with Gasteiger partial charge in [-0.1, -0.05) is 0 Å². The van der Waals surface area contributed by atoms with E-state index in [1.54, 1.807) is 23.7 Å². The number of pyridine rings is 1. The Kier molecular flexibility index (Phi) is 3.83. The maximum atomic E-state index is 12.2. The largest absolute Gasteiger partial charge is 0.384 e.